The van der Waals surface area contributed by atoms with Crippen LogP contribution >= 0.6 is 0 Å². The molecule has 0 bridgehead atoms. The Bertz CT molecular complexity index is 444. The van der Waals surface area contributed by atoms with E-state index in [9.17, 15) is 4.79 Å². The predicted molar refractivity (Wildman–Crippen MR) is 70.8 cm³/mol. The highest BCUT2D eigenvalue weighted by molar-refractivity contribution is 6.09. The van der Waals surface area contributed by atoms with E-state index in [1.165, 1.54) is 0 Å². The third kappa shape index (κ3) is 2.76. The van der Waals surface area contributed by atoms with E-state index >= 15 is 0 Å². The van der Waals surface area contributed by atoms with E-state index in [4.69, 9.17) is 4.74 Å². The lowest BCUT2D eigenvalue weighted by molar-refractivity contribution is 0.103. The zero-order valence-corrected chi connectivity index (χ0v) is 11.1. The van der Waals surface area contributed by atoms with Crippen molar-refractivity contribution in [3.8, 4) is 5.75 Å². The van der Waals surface area contributed by atoms with Gasteiger partial charge < -0.3 is 4.74 Å². The number of carbonyl (C=O) groups is 1. The van der Waals surface area contributed by atoms with Gasteiger partial charge in [-0.1, -0.05) is 19.9 Å². The summed E-state index contributed by atoms with van der Waals surface area (Å²) in [5.74, 6) is 0.871. The van der Waals surface area contributed by atoms with Gasteiger partial charge in [0.25, 0.3) is 0 Å². The van der Waals surface area contributed by atoms with Crippen molar-refractivity contribution in [2.24, 2.45) is 0 Å². The molecular formula is C15H20O2. The summed E-state index contributed by atoms with van der Waals surface area (Å²) in [6, 6.07) is 3.67. The highest BCUT2D eigenvalue weighted by Gasteiger charge is 2.15. The minimum Gasteiger partial charge on any atom is -0.496 e. The highest BCUT2D eigenvalue weighted by Crippen LogP contribution is 2.25. The molecule has 0 N–H and O–H groups in total. The molecule has 0 saturated heterocycles. The van der Waals surface area contributed by atoms with Crippen molar-refractivity contribution in [3.05, 3.63) is 41.0 Å². The van der Waals surface area contributed by atoms with Crippen molar-refractivity contribution in [1.82, 2.24) is 0 Å². The molecule has 1 rings (SSSR count). The normalized spacial score (nSPS) is 10.1. The molecule has 0 radical (unpaired) electrons. The monoisotopic (exact) mass is 232 g/mol. The smallest absolute Gasteiger partial charge is 0.188 e. The fraction of sp³-hybridized carbons (Fsp3) is 0.400. The van der Waals surface area contributed by atoms with Crippen molar-refractivity contribution in [3.63, 3.8) is 0 Å². The number of Topliss-reactive ketones (excluding diaryl/α,β-unsaturated/α-hetero) is 1. The number of benzene rings is 1. The molecule has 92 valence electrons. The molecule has 0 aliphatic rings. The summed E-state index contributed by atoms with van der Waals surface area (Å²) in [7, 11) is 1.64. The standard InChI is InChI=1S/C15H20O2/c1-6-7-10(2)15(16)13-8-9-14(17-5)12(4)11(13)3/h8-9H,2,6-7H2,1,3-5H3. The minimum absolute atomic E-state index is 0.0510. The maximum absolute atomic E-state index is 12.2. The van der Waals surface area contributed by atoms with Crippen LogP contribution in [0.25, 0.3) is 0 Å². The Kier molecular flexibility index (Phi) is 4.50. The van der Waals surface area contributed by atoms with E-state index in [2.05, 4.69) is 6.58 Å². The summed E-state index contributed by atoms with van der Waals surface area (Å²) in [6.45, 7) is 9.81. The van der Waals surface area contributed by atoms with Gasteiger partial charge in [0.05, 0.1) is 7.11 Å². The number of hydrogen-bond donors (Lipinski definition) is 0. The third-order valence-electron chi connectivity index (χ3n) is 3.07. The fourth-order valence-corrected chi connectivity index (χ4v) is 1.87. The maximum Gasteiger partial charge on any atom is 0.188 e. The van der Waals surface area contributed by atoms with Gasteiger partial charge in [-0.25, -0.2) is 0 Å². The summed E-state index contributed by atoms with van der Waals surface area (Å²) in [4.78, 5) is 12.2. The Hall–Kier alpha value is -1.57. The van der Waals surface area contributed by atoms with E-state index in [1.54, 1.807) is 7.11 Å². The average Bonchev–Trinajstić information content (AvgIpc) is 2.32. The first-order chi connectivity index (χ1) is 8.02. The van der Waals surface area contributed by atoms with Crippen LogP contribution in [-0.2, 0) is 0 Å². The SMILES string of the molecule is C=C(CCC)C(=O)c1ccc(OC)c(C)c1C. The number of rotatable bonds is 5. The Morgan fingerprint density at radius 3 is 2.47 bits per heavy atom. The molecule has 0 heterocycles. The molecule has 0 saturated carbocycles. The Labute approximate surface area is 103 Å². The zero-order chi connectivity index (χ0) is 13.0. The summed E-state index contributed by atoms with van der Waals surface area (Å²) < 4.78 is 5.23. The molecule has 0 unspecified atom stereocenters. The van der Waals surface area contributed by atoms with Crippen LogP contribution in [0, 0.1) is 13.8 Å². The summed E-state index contributed by atoms with van der Waals surface area (Å²) in [6.07, 6.45) is 1.70. The van der Waals surface area contributed by atoms with Gasteiger partial charge in [-0.05, 0) is 49.1 Å². The second-order valence-corrected chi connectivity index (χ2v) is 4.25. The molecule has 2 nitrogen and oxygen atoms in total. The molecule has 2 heteroatoms. The molecule has 0 aromatic heterocycles. The Morgan fingerprint density at radius 1 is 1.29 bits per heavy atom. The van der Waals surface area contributed by atoms with E-state index in [-0.39, 0.29) is 5.78 Å². The molecule has 17 heavy (non-hydrogen) atoms. The van der Waals surface area contributed by atoms with Crippen LogP contribution in [0.4, 0.5) is 0 Å². The van der Waals surface area contributed by atoms with Crippen LogP contribution in [0.3, 0.4) is 0 Å². The molecular weight excluding hydrogens is 212 g/mol. The number of ether oxygens (including phenoxy) is 1. The van der Waals surface area contributed by atoms with Gasteiger partial charge in [-0.15, -0.1) is 0 Å². The van der Waals surface area contributed by atoms with Crippen LogP contribution in [-0.4, -0.2) is 12.9 Å². The summed E-state index contributed by atoms with van der Waals surface area (Å²) >= 11 is 0. The highest BCUT2D eigenvalue weighted by atomic mass is 16.5. The average molecular weight is 232 g/mol. The van der Waals surface area contributed by atoms with Crippen molar-refractivity contribution >= 4 is 5.78 Å². The molecule has 0 fully saturated rings. The fourth-order valence-electron chi connectivity index (χ4n) is 1.87. The summed E-state index contributed by atoms with van der Waals surface area (Å²) in [5, 5.41) is 0. The summed E-state index contributed by atoms with van der Waals surface area (Å²) in [5.41, 5.74) is 3.41. The largest absolute Gasteiger partial charge is 0.496 e. The topological polar surface area (TPSA) is 26.3 Å². The number of methoxy groups -OCH3 is 1. The van der Waals surface area contributed by atoms with Crippen molar-refractivity contribution in [2.75, 3.05) is 7.11 Å². The van der Waals surface area contributed by atoms with Gasteiger partial charge in [0.2, 0.25) is 0 Å². The lowest BCUT2D eigenvalue weighted by Gasteiger charge is -2.12. The lowest BCUT2D eigenvalue weighted by Crippen LogP contribution is -2.06. The van der Waals surface area contributed by atoms with Crippen molar-refractivity contribution in [2.45, 2.75) is 33.6 Å². The minimum atomic E-state index is 0.0510. The first kappa shape index (κ1) is 13.5. The van der Waals surface area contributed by atoms with Gasteiger partial charge in [0, 0.05) is 5.56 Å². The van der Waals surface area contributed by atoms with Crippen LogP contribution in [0.15, 0.2) is 24.3 Å². The van der Waals surface area contributed by atoms with Crippen LogP contribution in [0.1, 0.15) is 41.3 Å². The Balaban J connectivity index is 3.12. The van der Waals surface area contributed by atoms with Crippen LogP contribution < -0.4 is 4.74 Å². The predicted octanol–water partition coefficient (Wildman–Crippen LogP) is 3.85. The van der Waals surface area contributed by atoms with E-state index < -0.39 is 0 Å². The van der Waals surface area contributed by atoms with Crippen LogP contribution in [0.2, 0.25) is 0 Å². The second kappa shape index (κ2) is 5.67. The zero-order valence-electron chi connectivity index (χ0n) is 11.1. The molecule has 0 aliphatic carbocycles. The lowest BCUT2D eigenvalue weighted by atomic mass is 9.94. The number of allylic oxidation sites excluding steroid dienone is 1. The number of ketones is 1. The van der Waals surface area contributed by atoms with Crippen molar-refractivity contribution in [1.29, 1.82) is 0 Å². The van der Waals surface area contributed by atoms with Crippen LogP contribution in [0.5, 0.6) is 5.75 Å². The van der Waals surface area contributed by atoms with E-state index in [0.717, 1.165) is 35.3 Å². The number of hydrogen-bond acceptors (Lipinski definition) is 2. The first-order valence-corrected chi connectivity index (χ1v) is 5.89. The molecule has 0 aliphatic heterocycles. The van der Waals surface area contributed by atoms with E-state index in [0.29, 0.717) is 5.57 Å². The second-order valence-electron chi connectivity index (χ2n) is 4.25. The molecule has 1 aromatic rings. The van der Waals surface area contributed by atoms with Gasteiger partial charge in [0.15, 0.2) is 5.78 Å². The molecule has 1 aromatic carbocycles. The Morgan fingerprint density at radius 2 is 1.94 bits per heavy atom. The quantitative estimate of drug-likeness (QED) is 0.569. The van der Waals surface area contributed by atoms with Crippen molar-refractivity contribution < 1.29 is 9.53 Å². The van der Waals surface area contributed by atoms with Gasteiger partial charge in [0.1, 0.15) is 5.75 Å². The molecule has 0 amide bonds. The number of carbonyl (C=O) groups excluding carboxylic acids is 1. The van der Waals surface area contributed by atoms with Gasteiger partial charge in [-0.3, -0.25) is 4.79 Å². The molecule has 0 spiro atoms. The third-order valence-corrected chi connectivity index (χ3v) is 3.07. The van der Waals surface area contributed by atoms with E-state index in [1.807, 2.05) is 32.9 Å². The molecule has 0 atom stereocenters. The maximum atomic E-state index is 12.2. The first-order valence-electron chi connectivity index (χ1n) is 5.89. The van der Waals surface area contributed by atoms with Gasteiger partial charge >= 0.3 is 0 Å². The van der Waals surface area contributed by atoms with Gasteiger partial charge in [-0.2, -0.15) is 0 Å².